The van der Waals surface area contributed by atoms with Crippen molar-refractivity contribution in [2.45, 2.75) is 72.5 Å². The Morgan fingerprint density at radius 2 is 1.67 bits per heavy atom. The molecule has 9 heteroatoms. The third-order valence-electron chi connectivity index (χ3n) is 5.76. The van der Waals surface area contributed by atoms with Gasteiger partial charge < -0.3 is 10.2 Å². The van der Waals surface area contributed by atoms with Gasteiger partial charge in [0.05, 0.1) is 11.9 Å². The van der Waals surface area contributed by atoms with Gasteiger partial charge in [-0.1, -0.05) is 42.8 Å². The molecule has 0 saturated carbocycles. The second-order valence-corrected chi connectivity index (χ2v) is 11.8. The summed E-state index contributed by atoms with van der Waals surface area (Å²) in [4.78, 5) is 28.0. The Morgan fingerprint density at radius 1 is 1.06 bits per heavy atom. The van der Waals surface area contributed by atoms with Crippen LogP contribution in [0.25, 0.3) is 0 Å². The number of nitrogens with zero attached hydrogens (tertiary/aromatic N) is 2. The molecule has 2 amide bonds. The molecule has 2 aromatic rings. The molecule has 2 rings (SSSR count). The fraction of sp³-hybridized carbons (Fsp3) is 0.481. The average molecular weight is 536 g/mol. The van der Waals surface area contributed by atoms with Crippen LogP contribution >= 0.6 is 11.6 Å². The molecular weight excluding hydrogens is 498 g/mol. The van der Waals surface area contributed by atoms with E-state index >= 15 is 0 Å². The topological polar surface area (TPSA) is 86.8 Å². The van der Waals surface area contributed by atoms with E-state index in [1.807, 2.05) is 71.0 Å². The first-order valence-corrected chi connectivity index (χ1v) is 14.4. The molecule has 0 aliphatic rings. The zero-order chi connectivity index (χ0) is 27.0. The van der Waals surface area contributed by atoms with Gasteiger partial charge in [-0.2, -0.15) is 0 Å². The Bertz CT molecular complexity index is 1150. The molecule has 0 aliphatic heterocycles. The first-order valence-electron chi connectivity index (χ1n) is 12.2. The highest BCUT2D eigenvalue weighted by atomic mass is 35.5. The normalized spacial score (nSPS) is 12.3. The molecule has 2 aromatic carbocycles. The van der Waals surface area contributed by atoms with Gasteiger partial charge in [0, 0.05) is 30.6 Å². The Morgan fingerprint density at radius 3 is 2.19 bits per heavy atom. The molecule has 0 aliphatic carbocycles. The molecule has 0 heterocycles. The number of carbonyl (C=O) groups is 2. The van der Waals surface area contributed by atoms with Crippen molar-refractivity contribution in [2.24, 2.45) is 0 Å². The van der Waals surface area contributed by atoms with Gasteiger partial charge in [-0.15, -0.1) is 0 Å². The van der Waals surface area contributed by atoms with Gasteiger partial charge in [-0.3, -0.25) is 13.9 Å². The number of hydrogen-bond donors (Lipinski definition) is 1. The van der Waals surface area contributed by atoms with Crippen LogP contribution in [0, 0.1) is 13.8 Å². The highest BCUT2D eigenvalue weighted by molar-refractivity contribution is 7.92. The monoisotopic (exact) mass is 535 g/mol. The minimum absolute atomic E-state index is 0.0649. The lowest BCUT2D eigenvalue weighted by Gasteiger charge is -2.32. The van der Waals surface area contributed by atoms with Gasteiger partial charge in [-0.25, -0.2) is 8.42 Å². The summed E-state index contributed by atoms with van der Waals surface area (Å²) in [5, 5.41) is 3.42. The quantitative estimate of drug-likeness (QED) is 0.421. The van der Waals surface area contributed by atoms with E-state index in [1.165, 1.54) is 10.6 Å². The average Bonchev–Trinajstić information content (AvgIpc) is 2.75. The van der Waals surface area contributed by atoms with E-state index in [2.05, 4.69) is 5.32 Å². The number of nitrogens with one attached hydrogen (secondary N) is 1. The molecule has 36 heavy (non-hydrogen) atoms. The van der Waals surface area contributed by atoms with Crippen molar-refractivity contribution in [3.63, 3.8) is 0 Å². The molecule has 0 saturated heterocycles. The van der Waals surface area contributed by atoms with Gasteiger partial charge in [0.2, 0.25) is 21.8 Å². The van der Waals surface area contributed by atoms with Crippen LogP contribution in [0.5, 0.6) is 0 Å². The van der Waals surface area contributed by atoms with Gasteiger partial charge in [0.25, 0.3) is 0 Å². The number of rotatable bonds is 12. The van der Waals surface area contributed by atoms with Crippen LogP contribution in [0.1, 0.15) is 56.7 Å². The maximum absolute atomic E-state index is 13.5. The molecule has 1 atom stereocenters. The summed E-state index contributed by atoms with van der Waals surface area (Å²) in [6, 6.07) is 12.1. The second kappa shape index (κ2) is 13.1. The number of carbonyl (C=O) groups excluding carboxylic acids is 2. The summed E-state index contributed by atoms with van der Waals surface area (Å²) in [7, 11) is -3.54. The second-order valence-electron chi connectivity index (χ2n) is 9.48. The van der Waals surface area contributed by atoms with Crippen molar-refractivity contribution in [3.8, 4) is 0 Å². The number of amides is 2. The van der Waals surface area contributed by atoms with Crippen LogP contribution in [0.2, 0.25) is 5.02 Å². The third-order valence-corrected chi connectivity index (χ3v) is 7.32. The van der Waals surface area contributed by atoms with Crippen molar-refractivity contribution in [1.82, 2.24) is 10.2 Å². The molecule has 0 bridgehead atoms. The Balaban J connectivity index is 2.25. The number of benzene rings is 2. The SMILES string of the molecule is CCC(C(=O)NC(C)C)N(Cc1ccccc1Cl)C(=O)CCCN(c1cc(C)cc(C)c1)S(C)(=O)=O. The number of hydrogen-bond acceptors (Lipinski definition) is 4. The molecule has 1 unspecified atom stereocenters. The van der Waals surface area contributed by atoms with Crippen LogP contribution in [-0.4, -0.2) is 50.0 Å². The van der Waals surface area contributed by atoms with Gasteiger partial charge >= 0.3 is 0 Å². The van der Waals surface area contributed by atoms with Crippen molar-refractivity contribution in [1.29, 1.82) is 0 Å². The maximum Gasteiger partial charge on any atom is 0.243 e. The van der Waals surface area contributed by atoms with E-state index in [1.54, 1.807) is 11.0 Å². The predicted octanol–water partition coefficient (Wildman–Crippen LogP) is 4.84. The zero-order valence-electron chi connectivity index (χ0n) is 22.0. The fourth-order valence-corrected chi connectivity index (χ4v) is 5.35. The standard InChI is InChI=1S/C27H38ClN3O4S/c1-7-25(27(33)29-19(2)3)30(18-22-11-8-9-12-24(22)28)26(32)13-10-14-31(36(6,34)35)23-16-20(4)15-21(5)17-23/h8-9,11-12,15-17,19,25H,7,10,13-14,18H2,1-6H3,(H,29,33). The lowest BCUT2D eigenvalue weighted by atomic mass is 10.1. The summed E-state index contributed by atoms with van der Waals surface area (Å²) in [5.74, 6) is -0.449. The van der Waals surface area contributed by atoms with Crippen LogP contribution in [0.15, 0.2) is 42.5 Å². The third kappa shape index (κ3) is 8.52. The predicted molar refractivity (Wildman–Crippen MR) is 147 cm³/mol. The minimum Gasteiger partial charge on any atom is -0.352 e. The first-order chi connectivity index (χ1) is 16.8. The van der Waals surface area contributed by atoms with Crippen molar-refractivity contribution in [2.75, 3.05) is 17.1 Å². The Hall–Kier alpha value is -2.58. The lowest BCUT2D eigenvalue weighted by Crippen LogP contribution is -2.50. The smallest absolute Gasteiger partial charge is 0.243 e. The van der Waals surface area contributed by atoms with Crippen molar-refractivity contribution < 1.29 is 18.0 Å². The van der Waals surface area contributed by atoms with E-state index in [0.29, 0.717) is 23.6 Å². The number of anilines is 1. The van der Waals surface area contributed by atoms with E-state index in [4.69, 9.17) is 11.6 Å². The highest BCUT2D eigenvalue weighted by Gasteiger charge is 2.29. The zero-order valence-corrected chi connectivity index (χ0v) is 23.6. The van der Waals surface area contributed by atoms with Crippen LogP contribution in [-0.2, 0) is 26.2 Å². The van der Waals surface area contributed by atoms with Gasteiger partial charge in [0.1, 0.15) is 6.04 Å². The summed E-state index contributed by atoms with van der Waals surface area (Å²) >= 11 is 6.36. The summed E-state index contributed by atoms with van der Waals surface area (Å²) < 4.78 is 26.4. The molecule has 7 nitrogen and oxygen atoms in total. The fourth-order valence-electron chi connectivity index (χ4n) is 4.21. The Kier molecular flexibility index (Phi) is 10.8. The summed E-state index contributed by atoms with van der Waals surface area (Å²) in [6.07, 6.45) is 2.00. The first kappa shape index (κ1) is 29.6. The largest absolute Gasteiger partial charge is 0.352 e. The molecule has 0 aromatic heterocycles. The Labute approximate surface area is 220 Å². The van der Waals surface area contributed by atoms with E-state index in [-0.39, 0.29) is 37.4 Å². The minimum atomic E-state index is -3.54. The lowest BCUT2D eigenvalue weighted by molar-refractivity contribution is -0.141. The molecule has 0 spiro atoms. The van der Waals surface area contributed by atoms with Gasteiger partial charge in [-0.05, 0) is 75.4 Å². The molecule has 1 N–H and O–H groups in total. The summed E-state index contributed by atoms with van der Waals surface area (Å²) in [5.41, 5.74) is 3.25. The van der Waals surface area contributed by atoms with E-state index < -0.39 is 16.1 Å². The van der Waals surface area contributed by atoms with Crippen LogP contribution in [0.3, 0.4) is 0 Å². The maximum atomic E-state index is 13.5. The van der Waals surface area contributed by atoms with E-state index in [9.17, 15) is 18.0 Å². The molecule has 198 valence electrons. The van der Waals surface area contributed by atoms with Gasteiger partial charge in [0.15, 0.2) is 0 Å². The highest BCUT2D eigenvalue weighted by Crippen LogP contribution is 2.23. The van der Waals surface area contributed by atoms with Crippen molar-refractivity contribution >= 4 is 39.1 Å². The number of halogens is 1. The molecule has 0 fully saturated rings. The van der Waals surface area contributed by atoms with Crippen molar-refractivity contribution in [3.05, 3.63) is 64.2 Å². The number of aryl methyl sites for hydroxylation is 2. The number of sulfonamides is 1. The van der Waals surface area contributed by atoms with E-state index in [0.717, 1.165) is 16.7 Å². The van der Waals surface area contributed by atoms with Crippen LogP contribution in [0.4, 0.5) is 5.69 Å². The molecular formula is C27H38ClN3O4S. The molecule has 0 radical (unpaired) electrons. The van der Waals surface area contributed by atoms with Crippen LogP contribution < -0.4 is 9.62 Å². The summed E-state index contributed by atoms with van der Waals surface area (Å²) in [6.45, 7) is 9.79.